The Hall–Kier alpha value is -1.09. The van der Waals surface area contributed by atoms with Crippen molar-refractivity contribution in [1.29, 1.82) is 0 Å². The Morgan fingerprint density at radius 3 is 2.58 bits per heavy atom. The Bertz CT molecular complexity index is 159. The van der Waals surface area contributed by atoms with Gasteiger partial charge in [-0.1, -0.05) is 12.2 Å². The van der Waals surface area contributed by atoms with Crippen LogP contribution in [0.15, 0.2) is 25.3 Å². The van der Waals surface area contributed by atoms with Crippen molar-refractivity contribution >= 4 is 5.91 Å². The molecule has 0 fully saturated rings. The highest BCUT2D eigenvalue weighted by Crippen LogP contribution is 1.95. The molecule has 1 unspecified atom stereocenters. The first-order valence-electron chi connectivity index (χ1n) is 3.85. The van der Waals surface area contributed by atoms with Gasteiger partial charge in [0.2, 0.25) is 5.91 Å². The molecule has 0 aromatic rings. The van der Waals surface area contributed by atoms with Gasteiger partial charge in [-0.3, -0.25) is 4.79 Å². The van der Waals surface area contributed by atoms with Crippen molar-refractivity contribution in [3.8, 4) is 0 Å². The number of rotatable bonds is 5. The van der Waals surface area contributed by atoms with Crippen molar-refractivity contribution in [2.45, 2.75) is 12.5 Å². The fraction of sp³-hybridized carbons (Fsp3) is 0.444. The van der Waals surface area contributed by atoms with Crippen molar-refractivity contribution < 1.29 is 4.79 Å². The maximum absolute atomic E-state index is 11.3. The average molecular weight is 168 g/mol. The molecule has 0 bridgehead atoms. The molecule has 0 rings (SSSR count). The second-order valence-corrected chi connectivity index (χ2v) is 2.64. The van der Waals surface area contributed by atoms with Crippen LogP contribution in [0.25, 0.3) is 0 Å². The lowest BCUT2D eigenvalue weighted by Crippen LogP contribution is -2.41. The van der Waals surface area contributed by atoms with E-state index < -0.39 is 6.04 Å². The van der Waals surface area contributed by atoms with Gasteiger partial charge in [-0.25, -0.2) is 0 Å². The fourth-order valence-corrected chi connectivity index (χ4v) is 0.847. The summed E-state index contributed by atoms with van der Waals surface area (Å²) in [7, 11) is 1.70. The van der Waals surface area contributed by atoms with Gasteiger partial charge in [-0.05, 0) is 6.42 Å². The maximum Gasteiger partial charge on any atom is 0.239 e. The van der Waals surface area contributed by atoms with Crippen molar-refractivity contribution in [2.75, 3.05) is 13.6 Å². The standard InChI is InChI=1S/C9H16N2O/c1-4-6-8(10)9(12)11(3)7-5-2/h4-5,8H,1-2,6-7,10H2,3H3. The van der Waals surface area contributed by atoms with Crippen molar-refractivity contribution in [1.82, 2.24) is 4.90 Å². The minimum Gasteiger partial charge on any atom is -0.341 e. The predicted octanol–water partition coefficient (Wildman–Crippen LogP) is 0.534. The number of nitrogens with zero attached hydrogens (tertiary/aromatic N) is 1. The van der Waals surface area contributed by atoms with Crippen LogP contribution in [-0.2, 0) is 4.79 Å². The zero-order chi connectivity index (χ0) is 9.56. The van der Waals surface area contributed by atoms with Gasteiger partial charge in [-0.15, -0.1) is 13.2 Å². The Morgan fingerprint density at radius 2 is 2.17 bits per heavy atom. The quantitative estimate of drug-likeness (QED) is 0.609. The summed E-state index contributed by atoms with van der Waals surface area (Å²) in [5, 5.41) is 0. The van der Waals surface area contributed by atoms with E-state index >= 15 is 0 Å². The molecule has 0 saturated heterocycles. The molecule has 0 aliphatic rings. The van der Waals surface area contributed by atoms with Gasteiger partial charge < -0.3 is 10.6 Å². The molecule has 68 valence electrons. The monoisotopic (exact) mass is 168 g/mol. The van der Waals surface area contributed by atoms with Crippen LogP contribution in [0.5, 0.6) is 0 Å². The van der Waals surface area contributed by atoms with E-state index in [9.17, 15) is 4.79 Å². The maximum atomic E-state index is 11.3. The summed E-state index contributed by atoms with van der Waals surface area (Å²) in [5.41, 5.74) is 5.56. The Balaban J connectivity index is 3.98. The van der Waals surface area contributed by atoms with E-state index in [4.69, 9.17) is 5.73 Å². The summed E-state index contributed by atoms with van der Waals surface area (Å²) in [5.74, 6) is -0.0743. The molecule has 0 spiro atoms. The first-order valence-corrected chi connectivity index (χ1v) is 3.85. The van der Waals surface area contributed by atoms with E-state index in [0.29, 0.717) is 13.0 Å². The molecule has 3 heteroatoms. The summed E-state index contributed by atoms with van der Waals surface area (Å²) >= 11 is 0. The van der Waals surface area contributed by atoms with Crippen LogP contribution in [0.2, 0.25) is 0 Å². The summed E-state index contributed by atoms with van der Waals surface area (Å²) in [4.78, 5) is 12.9. The van der Waals surface area contributed by atoms with Gasteiger partial charge in [0.05, 0.1) is 6.04 Å². The van der Waals surface area contributed by atoms with Crippen LogP contribution >= 0.6 is 0 Å². The zero-order valence-electron chi connectivity index (χ0n) is 7.49. The minimum absolute atomic E-state index is 0.0743. The molecule has 1 amide bonds. The Morgan fingerprint density at radius 1 is 1.58 bits per heavy atom. The predicted molar refractivity (Wildman–Crippen MR) is 50.6 cm³/mol. The number of hydrogen-bond donors (Lipinski definition) is 1. The smallest absolute Gasteiger partial charge is 0.239 e. The molecule has 12 heavy (non-hydrogen) atoms. The summed E-state index contributed by atoms with van der Waals surface area (Å²) < 4.78 is 0. The van der Waals surface area contributed by atoms with Gasteiger partial charge in [0, 0.05) is 13.6 Å². The van der Waals surface area contributed by atoms with Crippen molar-refractivity contribution in [3.05, 3.63) is 25.3 Å². The average Bonchev–Trinajstić information content (AvgIpc) is 2.04. The fourth-order valence-electron chi connectivity index (χ4n) is 0.847. The van der Waals surface area contributed by atoms with Gasteiger partial charge in [0.15, 0.2) is 0 Å². The molecule has 3 nitrogen and oxygen atoms in total. The molecule has 0 aliphatic carbocycles. The van der Waals surface area contributed by atoms with Crippen molar-refractivity contribution in [3.63, 3.8) is 0 Å². The van der Waals surface area contributed by atoms with Gasteiger partial charge in [0.25, 0.3) is 0 Å². The summed E-state index contributed by atoms with van der Waals surface area (Å²) in [6.45, 7) is 7.58. The van der Waals surface area contributed by atoms with Gasteiger partial charge in [-0.2, -0.15) is 0 Å². The number of carbonyl (C=O) groups excluding carboxylic acids is 1. The molecule has 1 atom stereocenters. The SMILES string of the molecule is C=CCC(N)C(=O)N(C)CC=C. The topological polar surface area (TPSA) is 46.3 Å². The number of nitrogens with two attached hydrogens (primary N) is 1. The molecule has 0 aromatic carbocycles. The molecule has 0 heterocycles. The van der Waals surface area contributed by atoms with Crippen LogP contribution in [0, 0.1) is 0 Å². The highest BCUT2D eigenvalue weighted by atomic mass is 16.2. The molecular formula is C9H16N2O. The van der Waals surface area contributed by atoms with E-state index in [1.165, 1.54) is 0 Å². The lowest BCUT2D eigenvalue weighted by molar-refractivity contribution is -0.130. The van der Waals surface area contributed by atoms with Crippen LogP contribution < -0.4 is 5.73 Å². The van der Waals surface area contributed by atoms with Crippen LogP contribution in [0.3, 0.4) is 0 Å². The second-order valence-electron chi connectivity index (χ2n) is 2.64. The van der Waals surface area contributed by atoms with Crippen LogP contribution in [0.4, 0.5) is 0 Å². The molecule has 0 radical (unpaired) electrons. The molecule has 0 aliphatic heterocycles. The van der Waals surface area contributed by atoms with Gasteiger partial charge in [0.1, 0.15) is 0 Å². The minimum atomic E-state index is -0.465. The first-order chi connectivity index (χ1) is 5.63. The molecule has 0 saturated carbocycles. The largest absolute Gasteiger partial charge is 0.341 e. The van der Waals surface area contributed by atoms with Gasteiger partial charge >= 0.3 is 0 Å². The number of likely N-dealkylation sites (N-methyl/N-ethyl adjacent to an activating group) is 1. The van der Waals surface area contributed by atoms with Crippen LogP contribution in [-0.4, -0.2) is 30.4 Å². The highest BCUT2D eigenvalue weighted by Gasteiger charge is 2.14. The highest BCUT2D eigenvalue weighted by molar-refractivity contribution is 5.81. The van der Waals surface area contributed by atoms with E-state index in [1.807, 2.05) is 0 Å². The third kappa shape index (κ3) is 3.34. The first kappa shape index (κ1) is 10.9. The Kier molecular flexibility index (Phi) is 5.04. The Labute approximate surface area is 73.5 Å². The van der Waals surface area contributed by atoms with Crippen LogP contribution in [0.1, 0.15) is 6.42 Å². The van der Waals surface area contributed by atoms with E-state index in [-0.39, 0.29) is 5.91 Å². The second kappa shape index (κ2) is 5.55. The molecule has 0 aromatic heterocycles. The van der Waals surface area contributed by atoms with E-state index in [0.717, 1.165) is 0 Å². The number of hydrogen-bond acceptors (Lipinski definition) is 2. The number of carbonyl (C=O) groups is 1. The zero-order valence-corrected chi connectivity index (χ0v) is 7.49. The lowest BCUT2D eigenvalue weighted by atomic mass is 10.2. The van der Waals surface area contributed by atoms with Crippen molar-refractivity contribution in [2.24, 2.45) is 5.73 Å². The van der Waals surface area contributed by atoms with E-state index in [1.54, 1.807) is 24.1 Å². The molecule has 2 N–H and O–H groups in total. The summed E-state index contributed by atoms with van der Waals surface area (Å²) in [6.07, 6.45) is 3.82. The lowest BCUT2D eigenvalue weighted by Gasteiger charge is -2.18. The van der Waals surface area contributed by atoms with E-state index in [2.05, 4.69) is 13.2 Å². The number of amides is 1. The summed E-state index contributed by atoms with van der Waals surface area (Å²) in [6, 6.07) is -0.465. The third-order valence-electron chi connectivity index (χ3n) is 1.52. The normalized spacial score (nSPS) is 11.8. The molecular weight excluding hydrogens is 152 g/mol. The third-order valence-corrected chi connectivity index (χ3v) is 1.52.